The van der Waals surface area contributed by atoms with Crippen LogP contribution >= 0.6 is 24.0 Å². The van der Waals surface area contributed by atoms with Crippen molar-refractivity contribution in [3.8, 4) is 0 Å². The van der Waals surface area contributed by atoms with Crippen molar-refractivity contribution in [2.45, 2.75) is 58.1 Å². The van der Waals surface area contributed by atoms with E-state index in [1.165, 1.54) is 0 Å². The van der Waals surface area contributed by atoms with Gasteiger partial charge in [-0.05, 0) is 32.6 Å². The molecule has 0 radical (unpaired) electrons. The zero-order valence-corrected chi connectivity index (χ0v) is 20.9. The molecule has 1 aromatic rings. The Kier molecular flexibility index (Phi) is 9.32. The molecule has 30 heavy (non-hydrogen) atoms. The van der Waals surface area contributed by atoms with Gasteiger partial charge in [-0.15, -0.1) is 34.2 Å². The Labute approximate surface area is 196 Å². The number of nitrogens with one attached hydrogen (secondary N) is 2. The first-order chi connectivity index (χ1) is 13.9. The molecule has 10 heteroatoms. The summed E-state index contributed by atoms with van der Waals surface area (Å²) in [5.41, 5.74) is -0.350. The van der Waals surface area contributed by atoms with E-state index in [4.69, 9.17) is 9.73 Å². The smallest absolute Gasteiger partial charge is 0.230 e. The molecule has 1 aliphatic heterocycles. The Morgan fingerprint density at radius 3 is 2.57 bits per heavy atom. The van der Waals surface area contributed by atoms with Crippen molar-refractivity contribution in [3.05, 3.63) is 11.6 Å². The molecule has 0 aromatic carbocycles. The summed E-state index contributed by atoms with van der Waals surface area (Å²) in [6.45, 7) is 4.46. The highest BCUT2D eigenvalue weighted by Crippen LogP contribution is 2.38. The summed E-state index contributed by atoms with van der Waals surface area (Å²) in [6.07, 6.45) is 6.39. The number of guanidine groups is 1. The van der Waals surface area contributed by atoms with E-state index in [0.29, 0.717) is 25.6 Å². The van der Waals surface area contributed by atoms with Gasteiger partial charge in [0.1, 0.15) is 12.4 Å². The average molecular weight is 533 g/mol. The molecule has 1 saturated carbocycles. The highest BCUT2D eigenvalue weighted by molar-refractivity contribution is 14.0. The summed E-state index contributed by atoms with van der Waals surface area (Å²) in [6, 6.07) is 0. The van der Waals surface area contributed by atoms with Crippen molar-refractivity contribution in [1.29, 1.82) is 0 Å². The predicted molar refractivity (Wildman–Crippen MR) is 127 cm³/mol. The van der Waals surface area contributed by atoms with E-state index in [2.05, 4.69) is 20.8 Å². The molecular formula is C20H36IN7O2. The fourth-order valence-electron chi connectivity index (χ4n) is 4.17. The SMILES string of the molecule is Cc1nnc(CN=C(NCC2CCCO2)NCC2(C(=O)N(C)C)CCCC2)n1C.I. The molecule has 1 unspecified atom stereocenters. The molecule has 1 aromatic heterocycles. The lowest BCUT2D eigenvalue weighted by Crippen LogP contribution is -2.50. The Morgan fingerprint density at radius 1 is 1.27 bits per heavy atom. The quantitative estimate of drug-likeness (QED) is 0.314. The molecular weight excluding hydrogens is 497 g/mol. The van der Waals surface area contributed by atoms with Crippen LogP contribution in [0.15, 0.2) is 4.99 Å². The number of hydrogen-bond donors (Lipinski definition) is 2. The number of halogens is 1. The van der Waals surface area contributed by atoms with E-state index in [1.54, 1.807) is 4.90 Å². The predicted octanol–water partition coefficient (Wildman–Crippen LogP) is 1.60. The summed E-state index contributed by atoms with van der Waals surface area (Å²) in [5.74, 6) is 2.56. The number of amides is 1. The highest BCUT2D eigenvalue weighted by Gasteiger charge is 2.42. The fraction of sp³-hybridized carbons (Fsp3) is 0.800. The molecule has 0 spiro atoms. The Morgan fingerprint density at radius 2 is 2.00 bits per heavy atom. The van der Waals surface area contributed by atoms with Crippen LogP contribution in [0.5, 0.6) is 0 Å². The van der Waals surface area contributed by atoms with Crippen LogP contribution in [0.3, 0.4) is 0 Å². The van der Waals surface area contributed by atoms with Crippen molar-refractivity contribution in [2.75, 3.05) is 33.8 Å². The number of hydrogen-bond acceptors (Lipinski definition) is 5. The minimum atomic E-state index is -0.350. The second kappa shape index (κ2) is 11.3. The first kappa shape index (κ1) is 24.8. The van der Waals surface area contributed by atoms with Gasteiger partial charge in [-0.2, -0.15) is 0 Å². The van der Waals surface area contributed by atoms with Crippen molar-refractivity contribution in [1.82, 2.24) is 30.3 Å². The second-order valence-electron chi connectivity index (χ2n) is 8.44. The van der Waals surface area contributed by atoms with Crippen LogP contribution in [-0.4, -0.2) is 71.4 Å². The number of ether oxygens (including phenoxy) is 1. The van der Waals surface area contributed by atoms with Gasteiger partial charge in [0, 0.05) is 40.8 Å². The maximum atomic E-state index is 12.9. The average Bonchev–Trinajstić information content (AvgIpc) is 3.45. The summed E-state index contributed by atoms with van der Waals surface area (Å²) in [7, 11) is 5.61. The number of aromatic nitrogens is 3. The van der Waals surface area contributed by atoms with Crippen molar-refractivity contribution < 1.29 is 9.53 Å². The van der Waals surface area contributed by atoms with Gasteiger partial charge in [-0.3, -0.25) is 4.79 Å². The maximum absolute atomic E-state index is 12.9. The molecule has 170 valence electrons. The number of carbonyl (C=O) groups excluding carboxylic acids is 1. The fourth-order valence-corrected chi connectivity index (χ4v) is 4.17. The van der Waals surface area contributed by atoms with Crippen LogP contribution in [-0.2, 0) is 23.1 Å². The molecule has 2 heterocycles. The number of rotatable bonds is 7. The third-order valence-electron chi connectivity index (χ3n) is 6.10. The third kappa shape index (κ3) is 6.05. The molecule has 2 aliphatic rings. The summed E-state index contributed by atoms with van der Waals surface area (Å²) < 4.78 is 7.66. The van der Waals surface area contributed by atoms with E-state index < -0.39 is 0 Å². The van der Waals surface area contributed by atoms with Gasteiger partial charge in [-0.25, -0.2) is 4.99 Å². The van der Waals surface area contributed by atoms with Gasteiger partial charge < -0.3 is 24.8 Å². The van der Waals surface area contributed by atoms with Gasteiger partial charge in [-0.1, -0.05) is 12.8 Å². The number of carbonyl (C=O) groups is 1. The molecule has 1 saturated heterocycles. The lowest BCUT2D eigenvalue weighted by molar-refractivity contribution is -0.138. The van der Waals surface area contributed by atoms with Crippen molar-refractivity contribution in [3.63, 3.8) is 0 Å². The first-order valence-corrected chi connectivity index (χ1v) is 10.6. The van der Waals surface area contributed by atoms with Crippen LogP contribution in [0.25, 0.3) is 0 Å². The Balaban J connectivity index is 0.00000320. The van der Waals surface area contributed by atoms with Crippen LogP contribution in [0.1, 0.15) is 50.2 Å². The molecule has 1 aliphatic carbocycles. The lowest BCUT2D eigenvalue weighted by atomic mass is 9.84. The van der Waals surface area contributed by atoms with Gasteiger partial charge in [0.05, 0.1) is 11.5 Å². The topological polar surface area (TPSA) is 96.7 Å². The normalized spacial score (nSPS) is 20.7. The van der Waals surface area contributed by atoms with Crippen LogP contribution in [0.4, 0.5) is 0 Å². The van der Waals surface area contributed by atoms with Crippen LogP contribution < -0.4 is 10.6 Å². The van der Waals surface area contributed by atoms with E-state index >= 15 is 0 Å². The summed E-state index contributed by atoms with van der Waals surface area (Å²) in [5, 5.41) is 15.1. The van der Waals surface area contributed by atoms with Gasteiger partial charge >= 0.3 is 0 Å². The first-order valence-electron chi connectivity index (χ1n) is 10.6. The molecule has 1 atom stereocenters. The van der Waals surface area contributed by atoms with E-state index in [0.717, 1.165) is 56.8 Å². The minimum absolute atomic E-state index is 0. The monoisotopic (exact) mass is 533 g/mol. The number of nitrogens with zero attached hydrogens (tertiary/aromatic N) is 5. The van der Waals surface area contributed by atoms with Gasteiger partial charge in [0.15, 0.2) is 11.8 Å². The molecule has 0 bridgehead atoms. The standard InChI is InChI=1S/C20H35N7O2.HI/c1-15-24-25-17(27(15)4)13-22-19(21-12-16-8-7-11-29-16)23-14-20(9-5-6-10-20)18(28)26(2)3;/h16H,5-14H2,1-4H3,(H2,21,22,23);1H. The lowest BCUT2D eigenvalue weighted by Gasteiger charge is -2.31. The molecule has 2 fully saturated rings. The molecule has 1 amide bonds. The largest absolute Gasteiger partial charge is 0.376 e. The minimum Gasteiger partial charge on any atom is -0.376 e. The zero-order chi connectivity index (χ0) is 20.9. The maximum Gasteiger partial charge on any atom is 0.230 e. The molecule has 3 rings (SSSR count). The summed E-state index contributed by atoms with van der Waals surface area (Å²) in [4.78, 5) is 19.3. The van der Waals surface area contributed by atoms with Crippen molar-refractivity contribution >= 4 is 35.8 Å². The second-order valence-corrected chi connectivity index (χ2v) is 8.44. The van der Waals surface area contributed by atoms with E-state index in [9.17, 15) is 4.79 Å². The summed E-state index contributed by atoms with van der Waals surface area (Å²) >= 11 is 0. The van der Waals surface area contributed by atoms with Crippen LogP contribution in [0, 0.1) is 12.3 Å². The molecule has 9 nitrogen and oxygen atoms in total. The van der Waals surface area contributed by atoms with E-state index in [1.807, 2.05) is 32.6 Å². The number of aryl methyl sites for hydroxylation is 1. The third-order valence-corrected chi connectivity index (χ3v) is 6.10. The highest BCUT2D eigenvalue weighted by atomic mass is 127. The Hall–Kier alpha value is -1.43. The van der Waals surface area contributed by atoms with Crippen LogP contribution in [0.2, 0.25) is 0 Å². The van der Waals surface area contributed by atoms with Gasteiger partial charge in [0.25, 0.3) is 0 Å². The number of aliphatic imine (C=N–C) groups is 1. The van der Waals surface area contributed by atoms with Gasteiger partial charge in [0.2, 0.25) is 5.91 Å². The molecule has 2 N–H and O–H groups in total. The zero-order valence-electron chi connectivity index (χ0n) is 18.6. The van der Waals surface area contributed by atoms with Crippen molar-refractivity contribution in [2.24, 2.45) is 17.5 Å². The Bertz CT molecular complexity index is 723. The van der Waals surface area contributed by atoms with E-state index in [-0.39, 0.29) is 41.4 Å².